The second-order valence-corrected chi connectivity index (χ2v) is 6.58. The molecule has 1 aromatic heterocycles. The number of rotatable bonds is 6. The Morgan fingerprint density at radius 2 is 1.79 bits per heavy atom. The molecule has 1 aliphatic heterocycles. The highest BCUT2D eigenvalue weighted by atomic mass is 15.3. The molecule has 0 atom stereocenters. The lowest BCUT2D eigenvalue weighted by Crippen LogP contribution is -2.46. The van der Waals surface area contributed by atoms with Crippen LogP contribution in [0.25, 0.3) is 6.08 Å². The first-order valence-electron chi connectivity index (χ1n) is 8.91. The molecule has 1 saturated heterocycles. The molecule has 0 N–H and O–H groups in total. The lowest BCUT2D eigenvalue weighted by atomic mass is 10.1. The summed E-state index contributed by atoms with van der Waals surface area (Å²) in [5.74, 6) is 1.19. The van der Waals surface area contributed by atoms with Crippen molar-refractivity contribution >= 4 is 6.08 Å². The number of nitrogens with zero attached hydrogens (tertiary/aromatic N) is 4. The number of benzene rings is 1. The molecule has 0 spiro atoms. The third kappa shape index (κ3) is 4.56. The Kier molecular flexibility index (Phi) is 5.83. The van der Waals surface area contributed by atoms with Gasteiger partial charge in [-0.25, -0.2) is 4.98 Å². The largest absolute Gasteiger partial charge is 0.334 e. The number of imidazole rings is 1. The maximum absolute atomic E-state index is 4.49. The van der Waals surface area contributed by atoms with E-state index in [1.54, 1.807) is 0 Å². The standard InChI is InChI=1S/C20H28N4/c1-3-24-10-9-21-20(24)17-23-13-11-22(12-14-23)16-18(2)15-19-7-5-4-6-8-19/h4-10,15H,3,11-14,16-17H2,1-2H3. The second kappa shape index (κ2) is 8.27. The maximum Gasteiger partial charge on any atom is 0.122 e. The molecule has 0 bridgehead atoms. The molecule has 0 saturated carbocycles. The van der Waals surface area contributed by atoms with Gasteiger partial charge in [0.15, 0.2) is 0 Å². The molecule has 0 aliphatic carbocycles. The quantitative estimate of drug-likeness (QED) is 0.816. The van der Waals surface area contributed by atoms with Crippen molar-refractivity contribution in [1.29, 1.82) is 0 Å². The van der Waals surface area contributed by atoms with Crippen molar-refractivity contribution in [2.24, 2.45) is 0 Å². The minimum atomic E-state index is 0.966. The smallest absolute Gasteiger partial charge is 0.122 e. The number of aryl methyl sites for hydroxylation is 1. The molecule has 4 heteroatoms. The second-order valence-electron chi connectivity index (χ2n) is 6.58. The first kappa shape index (κ1) is 16.9. The first-order valence-corrected chi connectivity index (χ1v) is 8.91. The molecular formula is C20H28N4. The van der Waals surface area contributed by atoms with Crippen LogP contribution in [0, 0.1) is 0 Å². The summed E-state index contributed by atoms with van der Waals surface area (Å²) in [5, 5.41) is 0. The van der Waals surface area contributed by atoms with Gasteiger partial charge in [0.1, 0.15) is 5.82 Å². The molecular weight excluding hydrogens is 296 g/mol. The Morgan fingerprint density at radius 1 is 1.08 bits per heavy atom. The molecule has 1 aromatic carbocycles. The van der Waals surface area contributed by atoms with Crippen molar-refractivity contribution in [3.63, 3.8) is 0 Å². The van der Waals surface area contributed by atoms with Crippen LogP contribution in [0.4, 0.5) is 0 Å². The van der Waals surface area contributed by atoms with Gasteiger partial charge >= 0.3 is 0 Å². The normalized spacial score (nSPS) is 17.3. The summed E-state index contributed by atoms with van der Waals surface area (Å²) < 4.78 is 2.24. The van der Waals surface area contributed by atoms with Crippen LogP contribution in [-0.2, 0) is 13.1 Å². The van der Waals surface area contributed by atoms with E-state index in [4.69, 9.17) is 0 Å². The van der Waals surface area contributed by atoms with Gasteiger partial charge in [0.25, 0.3) is 0 Å². The fraction of sp³-hybridized carbons (Fsp3) is 0.450. The van der Waals surface area contributed by atoms with E-state index < -0.39 is 0 Å². The van der Waals surface area contributed by atoms with E-state index in [0.717, 1.165) is 45.8 Å². The summed E-state index contributed by atoms with van der Waals surface area (Å²) in [6.07, 6.45) is 6.28. The summed E-state index contributed by atoms with van der Waals surface area (Å²) in [4.78, 5) is 9.56. The van der Waals surface area contributed by atoms with Crippen LogP contribution in [0.5, 0.6) is 0 Å². The Bertz CT molecular complexity index is 651. The van der Waals surface area contributed by atoms with Crippen molar-refractivity contribution < 1.29 is 0 Å². The summed E-state index contributed by atoms with van der Waals surface area (Å²) in [7, 11) is 0. The fourth-order valence-corrected chi connectivity index (χ4v) is 3.32. The zero-order chi connectivity index (χ0) is 16.8. The van der Waals surface area contributed by atoms with Crippen molar-refractivity contribution in [3.05, 3.63) is 59.7 Å². The van der Waals surface area contributed by atoms with Gasteiger partial charge in [-0.2, -0.15) is 0 Å². The van der Waals surface area contributed by atoms with Gasteiger partial charge in [0.2, 0.25) is 0 Å². The van der Waals surface area contributed by atoms with E-state index >= 15 is 0 Å². The van der Waals surface area contributed by atoms with Gasteiger partial charge in [-0.3, -0.25) is 9.80 Å². The Balaban J connectivity index is 1.47. The van der Waals surface area contributed by atoms with Crippen molar-refractivity contribution in [1.82, 2.24) is 19.4 Å². The lowest BCUT2D eigenvalue weighted by molar-refractivity contribution is 0.131. The van der Waals surface area contributed by atoms with E-state index in [9.17, 15) is 0 Å². The number of hydrogen-bond donors (Lipinski definition) is 0. The molecule has 0 amide bonds. The molecule has 1 aliphatic rings. The molecule has 2 aromatic rings. The predicted octanol–water partition coefficient (Wildman–Crippen LogP) is 3.12. The Hall–Kier alpha value is -1.91. The molecule has 4 nitrogen and oxygen atoms in total. The Labute approximate surface area is 145 Å². The fourth-order valence-electron chi connectivity index (χ4n) is 3.32. The number of hydrogen-bond acceptors (Lipinski definition) is 3. The summed E-state index contributed by atoms with van der Waals surface area (Å²) in [6.45, 7) is 11.9. The first-order chi connectivity index (χ1) is 11.7. The third-order valence-electron chi connectivity index (χ3n) is 4.66. The van der Waals surface area contributed by atoms with Gasteiger partial charge in [0.05, 0.1) is 6.54 Å². The van der Waals surface area contributed by atoms with Gasteiger partial charge in [0, 0.05) is 51.7 Å². The van der Waals surface area contributed by atoms with Gasteiger partial charge < -0.3 is 4.57 Å². The van der Waals surface area contributed by atoms with Crippen LogP contribution in [-0.4, -0.2) is 52.1 Å². The number of piperazine rings is 1. The van der Waals surface area contributed by atoms with E-state index in [1.807, 2.05) is 6.20 Å². The van der Waals surface area contributed by atoms with Crippen LogP contribution in [0.1, 0.15) is 25.2 Å². The van der Waals surface area contributed by atoms with Crippen LogP contribution >= 0.6 is 0 Å². The summed E-state index contributed by atoms with van der Waals surface area (Å²) in [6, 6.07) is 10.6. The molecule has 128 valence electrons. The van der Waals surface area contributed by atoms with Crippen molar-refractivity contribution in [3.8, 4) is 0 Å². The van der Waals surface area contributed by atoms with Crippen LogP contribution in [0.3, 0.4) is 0 Å². The average molecular weight is 324 g/mol. The zero-order valence-corrected chi connectivity index (χ0v) is 14.9. The number of aromatic nitrogens is 2. The van der Waals surface area contributed by atoms with Crippen molar-refractivity contribution in [2.45, 2.75) is 26.9 Å². The summed E-state index contributed by atoms with van der Waals surface area (Å²) >= 11 is 0. The van der Waals surface area contributed by atoms with Gasteiger partial charge in [-0.1, -0.05) is 42.0 Å². The minimum absolute atomic E-state index is 0.966. The van der Waals surface area contributed by atoms with Gasteiger partial charge in [-0.05, 0) is 19.4 Å². The molecule has 2 heterocycles. The molecule has 0 radical (unpaired) electrons. The molecule has 3 rings (SSSR count). The SMILES string of the molecule is CCn1ccnc1CN1CCN(CC(C)=Cc2ccccc2)CC1. The van der Waals surface area contributed by atoms with Crippen LogP contribution < -0.4 is 0 Å². The monoisotopic (exact) mass is 324 g/mol. The van der Waals surface area contributed by atoms with Crippen LogP contribution in [0.15, 0.2) is 48.3 Å². The van der Waals surface area contributed by atoms with Gasteiger partial charge in [-0.15, -0.1) is 0 Å². The maximum atomic E-state index is 4.49. The zero-order valence-electron chi connectivity index (χ0n) is 14.9. The van der Waals surface area contributed by atoms with Crippen LogP contribution in [0.2, 0.25) is 0 Å². The minimum Gasteiger partial charge on any atom is -0.334 e. The highest BCUT2D eigenvalue weighted by Crippen LogP contribution is 2.11. The third-order valence-corrected chi connectivity index (χ3v) is 4.66. The van der Waals surface area contributed by atoms with E-state index in [2.05, 4.69) is 75.8 Å². The summed E-state index contributed by atoms with van der Waals surface area (Å²) in [5.41, 5.74) is 2.72. The van der Waals surface area contributed by atoms with E-state index in [1.165, 1.54) is 17.0 Å². The van der Waals surface area contributed by atoms with E-state index in [-0.39, 0.29) is 0 Å². The van der Waals surface area contributed by atoms with Crippen molar-refractivity contribution in [2.75, 3.05) is 32.7 Å². The Morgan fingerprint density at radius 3 is 2.50 bits per heavy atom. The average Bonchev–Trinajstić information content (AvgIpc) is 3.04. The van der Waals surface area contributed by atoms with E-state index in [0.29, 0.717) is 0 Å². The molecule has 0 unspecified atom stereocenters. The highest BCUT2D eigenvalue weighted by Gasteiger charge is 2.18. The molecule has 24 heavy (non-hydrogen) atoms. The predicted molar refractivity (Wildman–Crippen MR) is 99.7 cm³/mol. The highest BCUT2D eigenvalue weighted by molar-refractivity contribution is 5.52. The molecule has 1 fully saturated rings. The topological polar surface area (TPSA) is 24.3 Å². The lowest BCUT2D eigenvalue weighted by Gasteiger charge is -2.34.